The van der Waals surface area contributed by atoms with Crippen LogP contribution in [-0.4, -0.2) is 113 Å². The first kappa shape index (κ1) is 24.4. The highest BCUT2D eigenvalue weighted by atomic mass is 16.5. The van der Waals surface area contributed by atoms with Crippen molar-refractivity contribution < 1.29 is 4.74 Å². The summed E-state index contributed by atoms with van der Waals surface area (Å²) in [4.78, 5) is 12.1. The number of nitrogens with zero attached hydrogens (tertiary/aromatic N) is 4. The fraction of sp³-hybridized carbons (Fsp3) is 0.955. The number of guanidine groups is 1. The highest BCUT2D eigenvalue weighted by Crippen LogP contribution is 2.19. The van der Waals surface area contributed by atoms with Crippen molar-refractivity contribution in [2.24, 2.45) is 10.9 Å². The minimum Gasteiger partial charge on any atom is -0.379 e. The molecule has 0 spiro atoms. The summed E-state index contributed by atoms with van der Waals surface area (Å²) in [5, 5.41) is 7.13. The number of rotatable bonds is 10. The van der Waals surface area contributed by atoms with Gasteiger partial charge >= 0.3 is 0 Å². The lowest BCUT2D eigenvalue weighted by Gasteiger charge is -2.39. The van der Waals surface area contributed by atoms with E-state index in [-0.39, 0.29) is 0 Å². The summed E-state index contributed by atoms with van der Waals surface area (Å²) in [7, 11) is 4.10. The van der Waals surface area contributed by atoms with E-state index in [1.54, 1.807) is 0 Å². The molecule has 2 rings (SSSR count). The summed E-state index contributed by atoms with van der Waals surface area (Å²) in [6.45, 7) is 16.4. The molecule has 1 atom stereocenters. The van der Waals surface area contributed by atoms with E-state index in [2.05, 4.69) is 51.2 Å². The summed E-state index contributed by atoms with van der Waals surface area (Å²) >= 11 is 0. The largest absolute Gasteiger partial charge is 0.379 e. The Morgan fingerprint density at radius 3 is 2.45 bits per heavy atom. The monoisotopic (exact) mass is 410 g/mol. The van der Waals surface area contributed by atoms with Gasteiger partial charge in [-0.15, -0.1) is 0 Å². The number of hydrogen-bond acceptors (Lipinski definition) is 5. The Morgan fingerprint density at radius 2 is 1.76 bits per heavy atom. The lowest BCUT2D eigenvalue weighted by Crippen LogP contribution is -2.53. The molecule has 0 aliphatic carbocycles. The first-order valence-corrected chi connectivity index (χ1v) is 11.8. The second-order valence-electron chi connectivity index (χ2n) is 8.52. The Labute approximate surface area is 179 Å². The van der Waals surface area contributed by atoms with Gasteiger partial charge < -0.3 is 25.2 Å². The van der Waals surface area contributed by atoms with Crippen LogP contribution in [0.15, 0.2) is 4.99 Å². The van der Waals surface area contributed by atoms with Crippen LogP contribution in [-0.2, 0) is 4.74 Å². The molecule has 7 nitrogen and oxygen atoms in total. The number of hydrogen-bond donors (Lipinski definition) is 2. The smallest absolute Gasteiger partial charge is 0.191 e. The van der Waals surface area contributed by atoms with E-state index in [4.69, 9.17) is 4.74 Å². The Kier molecular flexibility index (Phi) is 11.9. The van der Waals surface area contributed by atoms with Crippen LogP contribution in [0.1, 0.15) is 39.5 Å². The van der Waals surface area contributed by atoms with E-state index in [9.17, 15) is 0 Å². The first-order valence-electron chi connectivity index (χ1n) is 11.8. The van der Waals surface area contributed by atoms with Crippen molar-refractivity contribution in [3.63, 3.8) is 0 Å². The summed E-state index contributed by atoms with van der Waals surface area (Å²) in [6, 6.07) is 0.543. The SMILES string of the molecule is CCC(CC)C(CNC(=NC)NCCCN1CCCN(C)CC1)N1CCOCC1. The predicted octanol–water partition coefficient (Wildman–Crippen LogP) is 1.32. The zero-order chi connectivity index (χ0) is 20.9. The third kappa shape index (κ3) is 8.79. The summed E-state index contributed by atoms with van der Waals surface area (Å²) in [5.74, 6) is 1.64. The Balaban J connectivity index is 1.72. The molecule has 0 radical (unpaired) electrons. The van der Waals surface area contributed by atoms with E-state index in [1.165, 1.54) is 52.0 Å². The number of aliphatic imine (C=N–C) groups is 1. The molecule has 0 amide bonds. The standard InChI is InChI=1S/C22H46N6O/c1-5-20(6-2)21(28-15-17-29-18-16-28)19-25-22(23-3)24-9-7-11-27-12-8-10-26(4)13-14-27/h20-21H,5-19H2,1-4H3,(H2,23,24,25). The van der Waals surface area contributed by atoms with Crippen LogP contribution in [0.5, 0.6) is 0 Å². The third-order valence-electron chi connectivity index (χ3n) is 6.57. The molecule has 0 aromatic rings. The van der Waals surface area contributed by atoms with Gasteiger partial charge in [0.15, 0.2) is 5.96 Å². The zero-order valence-electron chi connectivity index (χ0n) is 19.5. The molecule has 0 aromatic heterocycles. The average molecular weight is 411 g/mol. The summed E-state index contributed by atoms with van der Waals surface area (Å²) < 4.78 is 5.57. The quantitative estimate of drug-likeness (QED) is 0.322. The molecule has 0 aromatic carbocycles. The number of nitrogens with one attached hydrogen (secondary N) is 2. The second-order valence-corrected chi connectivity index (χ2v) is 8.52. The van der Waals surface area contributed by atoms with Gasteiger partial charge in [0.2, 0.25) is 0 Å². The summed E-state index contributed by atoms with van der Waals surface area (Å²) in [6.07, 6.45) is 4.88. The van der Waals surface area contributed by atoms with E-state index in [0.717, 1.165) is 51.8 Å². The maximum absolute atomic E-state index is 5.57. The Bertz CT molecular complexity index is 451. The molecule has 2 fully saturated rings. The average Bonchev–Trinajstić information content (AvgIpc) is 2.97. The van der Waals surface area contributed by atoms with Crippen LogP contribution >= 0.6 is 0 Å². The molecule has 2 N–H and O–H groups in total. The fourth-order valence-corrected chi connectivity index (χ4v) is 4.59. The van der Waals surface area contributed by atoms with Gasteiger partial charge in [0.1, 0.15) is 0 Å². The third-order valence-corrected chi connectivity index (χ3v) is 6.57. The highest BCUT2D eigenvalue weighted by molar-refractivity contribution is 5.79. The van der Waals surface area contributed by atoms with Crippen molar-refractivity contribution in [2.45, 2.75) is 45.6 Å². The molecule has 2 saturated heterocycles. The van der Waals surface area contributed by atoms with Crippen molar-refractivity contribution in [2.75, 3.05) is 86.2 Å². The molecule has 7 heteroatoms. The van der Waals surface area contributed by atoms with Crippen LogP contribution in [0, 0.1) is 5.92 Å². The molecule has 0 saturated carbocycles. The molecule has 2 aliphatic rings. The molecule has 2 heterocycles. The van der Waals surface area contributed by atoms with Crippen LogP contribution in [0.3, 0.4) is 0 Å². The van der Waals surface area contributed by atoms with Gasteiger partial charge in [0.25, 0.3) is 0 Å². The number of likely N-dealkylation sites (N-methyl/N-ethyl adjacent to an activating group) is 1. The van der Waals surface area contributed by atoms with Gasteiger partial charge in [0, 0.05) is 52.4 Å². The van der Waals surface area contributed by atoms with Crippen molar-refractivity contribution in [3.8, 4) is 0 Å². The zero-order valence-corrected chi connectivity index (χ0v) is 19.5. The highest BCUT2D eigenvalue weighted by Gasteiger charge is 2.27. The lowest BCUT2D eigenvalue weighted by atomic mass is 9.92. The fourth-order valence-electron chi connectivity index (χ4n) is 4.59. The molecular weight excluding hydrogens is 364 g/mol. The van der Waals surface area contributed by atoms with Crippen molar-refractivity contribution >= 4 is 5.96 Å². The topological polar surface area (TPSA) is 55.4 Å². The van der Waals surface area contributed by atoms with Gasteiger partial charge in [-0.3, -0.25) is 9.89 Å². The molecule has 1 unspecified atom stereocenters. The van der Waals surface area contributed by atoms with Crippen LogP contribution in [0.25, 0.3) is 0 Å². The van der Waals surface area contributed by atoms with E-state index in [1.807, 2.05) is 7.05 Å². The maximum Gasteiger partial charge on any atom is 0.191 e. The Morgan fingerprint density at radius 1 is 1.00 bits per heavy atom. The van der Waals surface area contributed by atoms with Crippen molar-refractivity contribution in [3.05, 3.63) is 0 Å². The number of ether oxygens (including phenoxy) is 1. The Hall–Kier alpha value is -0.890. The molecule has 0 bridgehead atoms. The van der Waals surface area contributed by atoms with Gasteiger partial charge in [-0.25, -0.2) is 0 Å². The van der Waals surface area contributed by atoms with Crippen molar-refractivity contribution in [1.29, 1.82) is 0 Å². The molecule has 2 aliphatic heterocycles. The van der Waals surface area contributed by atoms with Gasteiger partial charge in [-0.2, -0.15) is 0 Å². The first-order chi connectivity index (χ1) is 14.2. The van der Waals surface area contributed by atoms with Gasteiger partial charge in [0.05, 0.1) is 13.2 Å². The lowest BCUT2D eigenvalue weighted by molar-refractivity contribution is 0.00272. The summed E-state index contributed by atoms with van der Waals surface area (Å²) in [5.41, 5.74) is 0. The normalized spacial score (nSPS) is 21.9. The van der Waals surface area contributed by atoms with Crippen LogP contribution in [0.2, 0.25) is 0 Å². The molecule has 170 valence electrons. The number of morpholine rings is 1. The predicted molar refractivity (Wildman–Crippen MR) is 123 cm³/mol. The van der Waals surface area contributed by atoms with Crippen molar-refractivity contribution in [1.82, 2.24) is 25.3 Å². The van der Waals surface area contributed by atoms with Gasteiger partial charge in [-0.1, -0.05) is 26.7 Å². The van der Waals surface area contributed by atoms with E-state index in [0.29, 0.717) is 12.0 Å². The van der Waals surface area contributed by atoms with Crippen LogP contribution < -0.4 is 10.6 Å². The van der Waals surface area contributed by atoms with Crippen LogP contribution in [0.4, 0.5) is 0 Å². The van der Waals surface area contributed by atoms with E-state index < -0.39 is 0 Å². The van der Waals surface area contributed by atoms with Gasteiger partial charge in [-0.05, 0) is 45.4 Å². The van der Waals surface area contributed by atoms with E-state index >= 15 is 0 Å². The molecule has 29 heavy (non-hydrogen) atoms. The molecular formula is C22H46N6O. The minimum atomic E-state index is 0.543. The second kappa shape index (κ2) is 14.2. The maximum atomic E-state index is 5.57. The minimum absolute atomic E-state index is 0.543.